The summed E-state index contributed by atoms with van der Waals surface area (Å²) in [5, 5.41) is 2.71. The highest BCUT2D eigenvalue weighted by Gasteiger charge is 2.12. The van der Waals surface area contributed by atoms with E-state index in [1.165, 1.54) is 0 Å². The number of halogens is 1. The number of hydrogen-bond donors (Lipinski definition) is 3. The molecular formula is C13H20ClN3O3. The van der Waals surface area contributed by atoms with Crippen molar-refractivity contribution in [3.05, 3.63) is 24.3 Å². The Morgan fingerprint density at radius 1 is 1.30 bits per heavy atom. The van der Waals surface area contributed by atoms with Gasteiger partial charge in [0.1, 0.15) is 5.75 Å². The SMILES string of the molecule is CCCC(N)C(=O)Nc1ccc(OCC(N)=O)cc1.Cl. The Bertz CT molecular complexity index is 437. The molecule has 112 valence electrons. The van der Waals surface area contributed by atoms with Crippen LogP contribution < -0.4 is 21.5 Å². The van der Waals surface area contributed by atoms with Gasteiger partial charge in [-0.2, -0.15) is 0 Å². The largest absolute Gasteiger partial charge is 0.484 e. The Morgan fingerprint density at radius 3 is 2.40 bits per heavy atom. The number of benzene rings is 1. The maximum absolute atomic E-state index is 11.7. The molecule has 0 saturated carbocycles. The summed E-state index contributed by atoms with van der Waals surface area (Å²) >= 11 is 0. The summed E-state index contributed by atoms with van der Waals surface area (Å²) in [5.41, 5.74) is 11.3. The van der Waals surface area contributed by atoms with Crippen molar-refractivity contribution in [2.75, 3.05) is 11.9 Å². The van der Waals surface area contributed by atoms with Crippen LogP contribution in [0.25, 0.3) is 0 Å². The van der Waals surface area contributed by atoms with Crippen LogP contribution in [-0.2, 0) is 9.59 Å². The number of amides is 2. The van der Waals surface area contributed by atoms with E-state index in [4.69, 9.17) is 16.2 Å². The van der Waals surface area contributed by atoms with Gasteiger partial charge >= 0.3 is 0 Å². The summed E-state index contributed by atoms with van der Waals surface area (Å²) in [4.78, 5) is 22.2. The van der Waals surface area contributed by atoms with E-state index >= 15 is 0 Å². The average molecular weight is 302 g/mol. The molecule has 5 N–H and O–H groups in total. The lowest BCUT2D eigenvalue weighted by atomic mass is 10.1. The number of anilines is 1. The van der Waals surface area contributed by atoms with E-state index in [0.717, 1.165) is 6.42 Å². The van der Waals surface area contributed by atoms with E-state index in [1.54, 1.807) is 24.3 Å². The van der Waals surface area contributed by atoms with Crippen molar-refractivity contribution in [3.63, 3.8) is 0 Å². The summed E-state index contributed by atoms with van der Waals surface area (Å²) in [6.45, 7) is 1.80. The number of primary amides is 1. The van der Waals surface area contributed by atoms with Crippen LogP contribution in [0.1, 0.15) is 19.8 Å². The number of carbonyl (C=O) groups is 2. The van der Waals surface area contributed by atoms with Crippen molar-refractivity contribution in [3.8, 4) is 5.75 Å². The van der Waals surface area contributed by atoms with Gasteiger partial charge in [-0.1, -0.05) is 13.3 Å². The Labute approximate surface area is 124 Å². The minimum absolute atomic E-state index is 0. The zero-order valence-electron chi connectivity index (χ0n) is 11.3. The van der Waals surface area contributed by atoms with E-state index in [0.29, 0.717) is 17.9 Å². The highest BCUT2D eigenvalue weighted by atomic mass is 35.5. The molecule has 0 aromatic heterocycles. The molecule has 0 heterocycles. The first-order valence-electron chi connectivity index (χ1n) is 6.10. The molecule has 1 aromatic carbocycles. The number of carbonyl (C=O) groups excluding carboxylic acids is 2. The summed E-state index contributed by atoms with van der Waals surface area (Å²) in [6.07, 6.45) is 1.50. The molecule has 1 unspecified atom stereocenters. The topological polar surface area (TPSA) is 107 Å². The second-order valence-electron chi connectivity index (χ2n) is 4.16. The summed E-state index contributed by atoms with van der Waals surface area (Å²) < 4.78 is 5.10. The predicted octanol–water partition coefficient (Wildman–Crippen LogP) is 1.04. The molecular weight excluding hydrogens is 282 g/mol. The normalized spacial score (nSPS) is 11.1. The number of nitrogens with one attached hydrogen (secondary N) is 1. The van der Waals surface area contributed by atoms with Gasteiger partial charge in [0, 0.05) is 5.69 Å². The molecule has 1 aromatic rings. The molecule has 1 rings (SSSR count). The first-order chi connectivity index (χ1) is 9.02. The molecule has 1 atom stereocenters. The van der Waals surface area contributed by atoms with Crippen LogP contribution in [0.4, 0.5) is 5.69 Å². The Kier molecular flexibility index (Phi) is 8.35. The second kappa shape index (κ2) is 9.17. The zero-order valence-corrected chi connectivity index (χ0v) is 12.1. The Morgan fingerprint density at radius 2 is 1.90 bits per heavy atom. The van der Waals surface area contributed by atoms with Crippen molar-refractivity contribution in [2.24, 2.45) is 11.5 Å². The van der Waals surface area contributed by atoms with Crippen molar-refractivity contribution < 1.29 is 14.3 Å². The van der Waals surface area contributed by atoms with Crippen LogP contribution in [0.2, 0.25) is 0 Å². The molecule has 0 bridgehead atoms. The number of hydrogen-bond acceptors (Lipinski definition) is 4. The van der Waals surface area contributed by atoms with E-state index in [2.05, 4.69) is 5.32 Å². The highest BCUT2D eigenvalue weighted by molar-refractivity contribution is 5.94. The van der Waals surface area contributed by atoms with Crippen LogP contribution in [-0.4, -0.2) is 24.5 Å². The molecule has 0 aliphatic carbocycles. The summed E-state index contributed by atoms with van der Waals surface area (Å²) in [6, 6.07) is 6.13. The van der Waals surface area contributed by atoms with Gasteiger partial charge < -0.3 is 21.5 Å². The molecule has 0 radical (unpaired) electrons. The zero-order chi connectivity index (χ0) is 14.3. The van der Waals surface area contributed by atoms with Gasteiger partial charge in [0.15, 0.2) is 6.61 Å². The third-order valence-corrected chi connectivity index (χ3v) is 2.44. The van der Waals surface area contributed by atoms with E-state index in [-0.39, 0.29) is 24.9 Å². The van der Waals surface area contributed by atoms with Crippen LogP contribution in [0.3, 0.4) is 0 Å². The quantitative estimate of drug-likeness (QED) is 0.699. The van der Waals surface area contributed by atoms with Crippen LogP contribution in [0.15, 0.2) is 24.3 Å². The van der Waals surface area contributed by atoms with Crippen molar-refractivity contribution in [1.82, 2.24) is 0 Å². The summed E-state index contributed by atoms with van der Waals surface area (Å²) in [5.74, 6) is -0.245. The predicted molar refractivity (Wildman–Crippen MR) is 79.9 cm³/mol. The molecule has 0 spiro atoms. The smallest absolute Gasteiger partial charge is 0.255 e. The molecule has 0 aliphatic rings. The highest BCUT2D eigenvalue weighted by Crippen LogP contribution is 2.15. The molecule has 0 saturated heterocycles. The van der Waals surface area contributed by atoms with Crippen LogP contribution >= 0.6 is 12.4 Å². The van der Waals surface area contributed by atoms with Crippen molar-refractivity contribution in [1.29, 1.82) is 0 Å². The molecule has 7 heteroatoms. The van der Waals surface area contributed by atoms with Gasteiger partial charge in [-0.25, -0.2) is 0 Å². The molecule has 0 aliphatic heterocycles. The lowest BCUT2D eigenvalue weighted by molar-refractivity contribution is -0.120. The first kappa shape index (κ1) is 18.2. The number of rotatable bonds is 7. The number of ether oxygens (including phenoxy) is 1. The van der Waals surface area contributed by atoms with Gasteiger partial charge in [0.05, 0.1) is 6.04 Å². The van der Waals surface area contributed by atoms with Crippen LogP contribution in [0.5, 0.6) is 5.75 Å². The molecule has 6 nitrogen and oxygen atoms in total. The molecule has 20 heavy (non-hydrogen) atoms. The Balaban J connectivity index is 0.00000361. The second-order valence-corrected chi connectivity index (χ2v) is 4.16. The maximum Gasteiger partial charge on any atom is 0.255 e. The monoisotopic (exact) mass is 301 g/mol. The van der Waals surface area contributed by atoms with E-state index < -0.39 is 11.9 Å². The minimum Gasteiger partial charge on any atom is -0.484 e. The fourth-order valence-corrected chi connectivity index (χ4v) is 1.47. The number of nitrogens with two attached hydrogens (primary N) is 2. The average Bonchev–Trinajstić information content (AvgIpc) is 2.38. The van der Waals surface area contributed by atoms with E-state index in [1.807, 2.05) is 6.92 Å². The lowest BCUT2D eigenvalue weighted by Crippen LogP contribution is -2.35. The standard InChI is InChI=1S/C13H19N3O3.ClH/c1-2-3-11(14)13(18)16-9-4-6-10(7-5-9)19-8-12(15)17;/h4-7,11H,2-3,8,14H2,1H3,(H2,15,17)(H,16,18);1H. The molecule has 0 fully saturated rings. The van der Waals surface area contributed by atoms with Crippen LogP contribution in [0, 0.1) is 0 Å². The van der Waals surface area contributed by atoms with Gasteiger partial charge in [-0.05, 0) is 30.7 Å². The van der Waals surface area contributed by atoms with E-state index in [9.17, 15) is 9.59 Å². The maximum atomic E-state index is 11.7. The van der Waals surface area contributed by atoms with Gasteiger partial charge in [-0.3, -0.25) is 9.59 Å². The fraction of sp³-hybridized carbons (Fsp3) is 0.385. The third kappa shape index (κ3) is 6.40. The third-order valence-electron chi connectivity index (χ3n) is 2.44. The first-order valence-corrected chi connectivity index (χ1v) is 6.10. The Hall–Kier alpha value is -1.79. The van der Waals surface area contributed by atoms with Crippen molar-refractivity contribution in [2.45, 2.75) is 25.8 Å². The van der Waals surface area contributed by atoms with Gasteiger partial charge in [0.2, 0.25) is 5.91 Å². The fourth-order valence-electron chi connectivity index (χ4n) is 1.47. The molecule has 2 amide bonds. The van der Waals surface area contributed by atoms with Gasteiger partial charge in [0.25, 0.3) is 5.91 Å². The minimum atomic E-state index is -0.539. The lowest BCUT2D eigenvalue weighted by Gasteiger charge is -2.11. The summed E-state index contributed by atoms with van der Waals surface area (Å²) in [7, 11) is 0. The van der Waals surface area contributed by atoms with Gasteiger partial charge in [-0.15, -0.1) is 12.4 Å². The van der Waals surface area contributed by atoms with Crippen molar-refractivity contribution >= 4 is 29.9 Å².